The van der Waals surface area contributed by atoms with E-state index in [1.807, 2.05) is 0 Å². The van der Waals surface area contributed by atoms with Crippen LogP contribution in [0.15, 0.2) is 24.3 Å². The molecule has 0 atom stereocenters. The molecular weight excluding hydrogens is 309 g/mol. The van der Waals surface area contributed by atoms with E-state index in [0.29, 0.717) is 36.1 Å². The number of halogens is 3. The molecule has 2 rings (SSSR count). The molecule has 4 nitrogen and oxygen atoms in total. The summed E-state index contributed by atoms with van der Waals surface area (Å²) in [5.74, 6) is 0.260. The van der Waals surface area contributed by atoms with Gasteiger partial charge in [-0.3, -0.25) is 0 Å². The quantitative estimate of drug-likeness (QED) is 0.633. The number of aryl methyl sites for hydroxylation is 1. The van der Waals surface area contributed by atoms with Gasteiger partial charge in [-0.2, -0.15) is 21.6 Å². The van der Waals surface area contributed by atoms with Crippen LogP contribution in [0.2, 0.25) is 0 Å². The molecule has 1 aliphatic rings. The zero-order chi connectivity index (χ0) is 15.7. The van der Waals surface area contributed by atoms with Crippen LogP contribution < -0.4 is 4.74 Å². The second-order valence-electron chi connectivity index (χ2n) is 4.47. The van der Waals surface area contributed by atoms with Gasteiger partial charge >= 0.3 is 15.6 Å². The Bertz CT molecular complexity index is 662. The number of ether oxygens (including phenoxy) is 1. The maximum atomic E-state index is 12.4. The fourth-order valence-corrected chi connectivity index (χ4v) is 2.51. The molecule has 0 aliphatic heterocycles. The van der Waals surface area contributed by atoms with Gasteiger partial charge in [0, 0.05) is 5.56 Å². The summed E-state index contributed by atoms with van der Waals surface area (Å²) < 4.78 is 68.9. The van der Waals surface area contributed by atoms with Crippen molar-refractivity contribution in [3.63, 3.8) is 0 Å². The predicted molar refractivity (Wildman–Crippen MR) is 70.0 cm³/mol. The Kier molecular flexibility index (Phi) is 4.18. The van der Waals surface area contributed by atoms with Gasteiger partial charge in [-0.1, -0.05) is 0 Å². The minimum Gasteiger partial charge on any atom is -0.497 e. The number of alkyl halides is 3. The van der Waals surface area contributed by atoms with Crippen LogP contribution in [-0.4, -0.2) is 21.0 Å². The first-order chi connectivity index (χ1) is 9.74. The third-order valence-electron chi connectivity index (χ3n) is 3.04. The lowest BCUT2D eigenvalue weighted by molar-refractivity contribution is -0.0509. The maximum Gasteiger partial charge on any atom is 0.534 e. The topological polar surface area (TPSA) is 52.6 Å². The van der Waals surface area contributed by atoms with Crippen LogP contribution in [0.25, 0.3) is 5.76 Å². The second-order valence-corrected chi connectivity index (χ2v) is 6.00. The van der Waals surface area contributed by atoms with Crippen molar-refractivity contribution in [3.05, 3.63) is 35.4 Å². The van der Waals surface area contributed by atoms with Gasteiger partial charge in [0.15, 0.2) is 0 Å². The zero-order valence-corrected chi connectivity index (χ0v) is 11.9. The van der Waals surface area contributed by atoms with Crippen molar-refractivity contribution in [2.45, 2.75) is 24.8 Å². The molecule has 0 saturated carbocycles. The van der Waals surface area contributed by atoms with Crippen molar-refractivity contribution in [1.82, 2.24) is 0 Å². The lowest BCUT2D eigenvalue weighted by atomic mass is 10.0. The molecular formula is C13H13F3O4S. The number of fused-ring (bicyclic) bond motifs is 1. The molecule has 1 aliphatic carbocycles. The Morgan fingerprint density at radius 3 is 2.57 bits per heavy atom. The number of rotatable bonds is 3. The minimum absolute atomic E-state index is 0.289. The average molecular weight is 322 g/mol. The molecule has 0 amide bonds. The van der Waals surface area contributed by atoms with Crippen LogP contribution >= 0.6 is 0 Å². The van der Waals surface area contributed by atoms with E-state index < -0.39 is 15.6 Å². The fraction of sp³-hybridized carbons (Fsp3) is 0.385. The first-order valence-corrected chi connectivity index (χ1v) is 7.53. The molecule has 0 bridgehead atoms. The number of allylic oxidation sites excluding steroid dienone is 1. The fourth-order valence-electron chi connectivity index (χ4n) is 2.02. The lowest BCUT2D eigenvalue weighted by Crippen LogP contribution is -2.25. The van der Waals surface area contributed by atoms with Gasteiger partial charge in [-0.05, 0) is 49.1 Å². The highest BCUT2D eigenvalue weighted by Gasteiger charge is 2.49. The van der Waals surface area contributed by atoms with Crippen molar-refractivity contribution >= 4 is 15.9 Å². The Hall–Kier alpha value is -1.70. The van der Waals surface area contributed by atoms with Gasteiger partial charge in [-0.25, -0.2) is 0 Å². The van der Waals surface area contributed by atoms with Crippen molar-refractivity contribution < 1.29 is 30.5 Å². The number of methoxy groups -OCH3 is 1. The highest BCUT2D eigenvalue weighted by molar-refractivity contribution is 7.87. The van der Waals surface area contributed by atoms with Crippen molar-refractivity contribution in [3.8, 4) is 5.75 Å². The zero-order valence-electron chi connectivity index (χ0n) is 11.1. The van der Waals surface area contributed by atoms with E-state index in [4.69, 9.17) is 4.74 Å². The van der Waals surface area contributed by atoms with Crippen LogP contribution in [0.4, 0.5) is 13.2 Å². The van der Waals surface area contributed by atoms with E-state index in [1.54, 1.807) is 12.1 Å². The highest BCUT2D eigenvalue weighted by Crippen LogP contribution is 2.34. The lowest BCUT2D eigenvalue weighted by Gasteiger charge is -2.14. The molecule has 0 unspecified atom stereocenters. The van der Waals surface area contributed by atoms with E-state index in [9.17, 15) is 21.6 Å². The number of benzene rings is 1. The first kappa shape index (κ1) is 15.7. The molecule has 116 valence electrons. The Labute approximate surface area is 120 Å². The first-order valence-electron chi connectivity index (χ1n) is 6.13. The molecule has 0 heterocycles. The van der Waals surface area contributed by atoms with E-state index in [1.165, 1.54) is 19.3 Å². The molecule has 0 spiro atoms. The van der Waals surface area contributed by atoms with Crippen LogP contribution in [0.5, 0.6) is 5.75 Å². The summed E-state index contributed by atoms with van der Waals surface area (Å²) in [5.41, 5.74) is -4.43. The Morgan fingerprint density at radius 1 is 1.24 bits per heavy atom. The average Bonchev–Trinajstić information content (AvgIpc) is 2.59. The minimum atomic E-state index is -5.67. The molecule has 21 heavy (non-hydrogen) atoms. The molecule has 1 aromatic rings. The molecule has 0 fully saturated rings. The summed E-state index contributed by atoms with van der Waals surface area (Å²) in [6.07, 6.45) is 3.07. The molecule has 0 saturated heterocycles. The summed E-state index contributed by atoms with van der Waals surface area (Å²) in [5, 5.41) is 0. The smallest absolute Gasteiger partial charge is 0.497 e. The predicted octanol–water partition coefficient (Wildman–Crippen LogP) is 3.24. The van der Waals surface area contributed by atoms with E-state index in [2.05, 4.69) is 4.18 Å². The molecule has 0 radical (unpaired) electrons. The summed E-state index contributed by atoms with van der Waals surface area (Å²) in [6.45, 7) is 0. The number of hydrogen-bond acceptors (Lipinski definition) is 4. The Balaban J connectivity index is 2.41. The molecule has 0 aromatic heterocycles. The van der Waals surface area contributed by atoms with Gasteiger partial charge in [0.05, 0.1) is 7.11 Å². The van der Waals surface area contributed by atoms with Gasteiger partial charge in [0.1, 0.15) is 11.5 Å². The van der Waals surface area contributed by atoms with E-state index >= 15 is 0 Å². The summed E-state index contributed by atoms with van der Waals surface area (Å²) in [6, 6.07) is 4.71. The van der Waals surface area contributed by atoms with Crippen LogP contribution in [0.1, 0.15) is 24.0 Å². The van der Waals surface area contributed by atoms with Gasteiger partial charge in [-0.15, -0.1) is 0 Å². The van der Waals surface area contributed by atoms with Crippen LogP contribution in [0, 0.1) is 0 Å². The van der Waals surface area contributed by atoms with Gasteiger partial charge < -0.3 is 8.92 Å². The van der Waals surface area contributed by atoms with Crippen molar-refractivity contribution in [2.24, 2.45) is 0 Å². The third kappa shape index (κ3) is 3.31. The summed E-state index contributed by atoms with van der Waals surface area (Å²) in [7, 11) is -4.20. The van der Waals surface area contributed by atoms with E-state index in [-0.39, 0.29) is 5.76 Å². The summed E-state index contributed by atoms with van der Waals surface area (Å²) >= 11 is 0. The molecule has 1 aromatic carbocycles. The standard InChI is InChI=1S/C13H13F3O4S/c1-19-10-6-7-11-9(8-10)4-2-3-5-12(11)20-21(17,18)13(14,15)16/h5-8H,2-4H2,1H3. The Morgan fingerprint density at radius 2 is 1.95 bits per heavy atom. The van der Waals surface area contributed by atoms with Gasteiger partial charge in [0.25, 0.3) is 0 Å². The van der Waals surface area contributed by atoms with Crippen molar-refractivity contribution in [1.29, 1.82) is 0 Å². The maximum absolute atomic E-state index is 12.4. The molecule has 0 N–H and O–H groups in total. The van der Waals surface area contributed by atoms with Crippen LogP contribution in [-0.2, 0) is 20.7 Å². The highest BCUT2D eigenvalue weighted by atomic mass is 32.2. The SMILES string of the molecule is COc1ccc2c(c1)CCCC=C2OS(=O)(=O)C(F)(F)F. The van der Waals surface area contributed by atoms with Crippen molar-refractivity contribution in [2.75, 3.05) is 7.11 Å². The third-order valence-corrected chi connectivity index (χ3v) is 4.01. The monoisotopic (exact) mass is 322 g/mol. The summed E-state index contributed by atoms with van der Waals surface area (Å²) in [4.78, 5) is 0. The molecule has 8 heteroatoms. The van der Waals surface area contributed by atoms with E-state index in [0.717, 1.165) is 0 Å². The number of hydrogen-bond donors (Lipinski definition) is 0. The van der Waals surface area contributed by atoms with Gasteiger partial charge in [0.2, 0.25) is 0 Å². The second kappa shape index (κ2) is 5.59. The largest absolute Gasteiger partial charge is 0.534 e. The normalized spacial score (nSPS) is 15.7. The van der Waals surface area contributed by atoms with Crippen LogP contribution in [0.3, 0.4) is 0 Å².